The van der Waals surface area contributed by atoms with Gasteiger partial charge in [0.15, 0.2) is 0 Å². The molecule has 0 heteroatoms. The maximum atomic E-state index is 2.38. The van der Waals surface area contributed by atoms with Crippen molar-refractivity contribution < 1.29 is 0 Å². The number of hydrogen-bond acceptors (Lipinski definition) is 0. The standard InChI is InChI=1S/C22H16/c1-2-5-15(6-3-1)20-13-18-11-9-16-7-4-8-17-10-12-19(14-20)22(18)21(16)17/h1-5,7-15H,6H2. The molecule has 4 aromatic carbocycles. The number of benzene rings is 4. The van der Waals surface area contributed by atoms with Crippen molar-refractivity contribution in [1.82, 2.24) is 0 Å². The highest BCUT2D eigenvalue weighted by atomic mass is 14.2. The molecular weight excluding hydrogens is 264 g/mol. The van der Waals surface area contributed by atoms with Crippen LogP contribution in [0, 0.1) is 0 Å². The largest absolute Gasteiger partial charge is 0.0836 e. The monoisotopic (exact) mass is 280 g/mol. The van der Waals surface area contributed by atoms with Gasteiger partial charge in [-0.05, 0) is 44.3 Å². The number of rotatable bonds is 1. The lowest BCUT2D eigenvalue weighted by atomic mass is 9.87. The first kappa shape index (κ1) is 12.0. The van der Waals surface area contributed by atoms with Gasteiger partial charge in [-0.1, -0.05) is 78.9 Å². The van der Waals surface area contributed by atoms with Crippen molar-refractivity contribution in [2.45, 2.75) is 12.3 Å². The summed E-state index contributed by atoms with van der Waals surface area (Å²) in [6, 6.07) is 20.4. The normalized spacial score (nSPS) is 17.9. The molecule has 0 nitrogen and oxygen atoms in total. The van der Waals surface area contributed by atoms with Crippen LogP contribution in [0.15, 0.2) is 78.9 Å². The van der Waals surface area contributed by atoms with Crippen LogP contribution in [-0.4, -0.2) is 0 Å². The molecular formula is C22H16. The summed E-state index contributed by atoms with van der Waals surface area (Å²) in [4.78, 5) is 0. The van der Waals surface area contributed by atoms with Crippen molar-refractivity contribution in [3.05, 3.63) is 84.5 Å². The third kappa shape index (κ3) is 1.64. The molecule has 0 saturated carbocycles. The first-order chi connectivity index (χ1) is 10.9. The zero-order chi connectivity index (χ0) is 14.5. The molecule has 1 aliphatic rings. The first-order valence-electron chi connectivity index (χ1n) is 7.91. The van der Waals surface area contributed by atoms with Crippen LogP contribution in [0.2, 0.25) is 0 Å². The van der Waals surface area contributed by atoms with Crippen LogP contribution >= 0.6 is 0 Å². The fourth-order valence-corrected chi connectivity index (χ4v) is 3.82. The van der Waals surface area contributed by atoms with Crippen molar-refractivity contribution in [3.8, 4) is 0 Å². The molecule has 1 aliphatic carbocycles. The Morgan fingerprint density at radius 3 is 1.95 bits per heavy atom. The van der Waals surface area contributed by atoms with Gasteiger partial charge >= 0.3 is 0 Å². The lowest BCUT2D eigenvalue weighted by molar-refractivity contribution is 0.856. The SMILES string of the molecule is C1=CCC(c2cc3ccc4cccc5ccc(c2)c3c45)C=C1. The molecule has 0 N–H and O–H groups in total. The summed E-state index contributed by atoms with van der Waals surface area (Å²) in [6.45, 7) is 0. The molecule has 0 aromatic heterocycles. The summed E-state index contributed by atoms with van der Waals surface area (Å²) in [7, 11) is 0. The highest BCUT2D eigenvalue weighted by molar-refractivity contribution is 6.23. The Morgan fingerprint density at radius 1 is 0.682 bits per heavy atom. The Hall–Kier alpha value is -2.60. The Morgan fingerprint density at radius 2 is 1.32 bits per heavy atom. The fraction of sp³-hybridized carbons (Fsp3) is 0.0909. The molecule has 1 unspecified atom stereocenters. The van der Waals surface area contributed by atoms with E-state index in [1.807, 2.05) is 0 Å². The van der Waals surface area contributed by atoms with Gasteiger partial charge in [0.25, 0.3) is 0 Å². The minimum Gasteiger partial charge on any atom is -0.0836 e. The Labute approximate surface area is 129 Å². The molecule has 0 aliphatic heterocycles. The smallest absolute Gasteiger partial charge is 0.00561 e. The van der Waals surface area contributed by atoms with Crippen LogP contribution in [0.5, 0.6) is 0 Å². The molecule has 0 radical (unpaired) electrons. The van der Waals surface area contributed by atoms with Crippen molar-refractivity contribution in [2.24, 2.45) is 0 Å². The van der Waals surface area contributed by atoms with E-state index in [4.69, 9.17) is 0 Å². The van der Waals surface area contributed by atoms with Crippen LogP contribution in [0.4, 0.5) is 0 Å². The molecule has 0 bridgehead atoms. The van der Waals surface area contributed by atoms with E-state index >= 15 is 0 Å². The van der Waals surface area contributed by atoms with Gasteiger partial charge in [0.1, 0.15) is 0 Å². The van der Waals surface area contributed by atoms with Crippen molar-refractivity contribution in [1.29, 1.82) is 0 Å². The highest BCUT2D eigenvalue weighted by Crippen LogP contribution is 2.37. The van der Waals surface area contributed by atoms with Crippen LogP contribution in [0.25, 0.3) is 32.3 Å². The van der Waals surface area contributed by atoms with Crippen molar-refractivity contribution in [2.75, 3.05) is 0 Å². The highest BCUT2D eigenvalue weighted by Gasteiger charge is 2.13. The van der Waals surface area contributed by atoms with E-state index in [2.05, 4.69) is 78.9 Å². The van der Waals surface area contributed by atoms with E-state index < -0.39 is 0 Å². The average molecular weight is 280 g/mol. The molecule has 0 amide bonds. The predicted octanol–water partition coefficient (Wildman–Crippen LogP) is 6.18. The van der Waals surface area contributed by atoms with Gasteiger partial charge in [-0.15, -0.1) is 0 Å². The molecule has 22 heavy (non-hydrogen) atoms. The van der Waals surface area contributed by atoms with E-state index in [1.54, 1.807) is 0 Å². The fourth-order valence-electron chi connectivity index (χ4n) is 3.82. The van der Waals surface area contributed by atoms with E-state index in [-0.39, 0.29) is 0 Å². The molecule has 4 aromatic rings. The summed E-state index contributed by atoms with van der Waals surface area (Å²) < 4.78 is 0. The van der Waals surface area contributed by atoms with Gasteiger partial charge in [-0.3, -0.25) is 0 Å². The maximum Gasteiger partial charge on any atom is 0.00561 e. The zero-order valence-electron chi connectivity index (χ0n) is 12.3. The topological polar surface area (TPSA) is 0 Å². The molecule has 0 spiro atoms. The Balaban J connectivity index is 1.86. The van der Waals surface area contributed by atoms with E-state index in [0.717, 1.165) is 6.42 Å². The zero-order valence-corrected chi connectivity index (χ0v) is 12.3. The van der Waals surface area contributed by atoms with Gasteiger partial charge in [0.05, 0.1) is 0 Å². The van der Waals surface area contributed by atoms with Crippen LogP contribution in [-0.2, 0) is 0 Å². The second kappa shape index (κ2) is 4.45. The predicted molar refractivity (Wildman–Crippen MR) is 95.8 cm³/mol. The third-order valence-corrected chi connectivity index (χ3v) is 4.89. The molecule has 5 rings (SSSR count). The van der Waals surface area contributed by atoms with Crippen molar-refractivity contribution >= 4 is 32.3 Å². The van der Waals surface area contributed by atoms with E-state index in [9.17, 15) is 0 Å². The average Bonchev–Trinajstić information content (AvgIpc) is 2.60. The van der Waals surface area contributed by atoms with E-state index in [0.29, 0.717) is 5.92 Å². The summed E-state index contributed by atoms with van der Waals surface area (Å²) >= 11 is 0. The maximum absolute atomic E-state index is 2.38. The number of hydrogen-bond donors (Lipinski definition) is 0. The second-order valence-electron chi connectivity index (χ2n) is 6.21. The minimum atomic E-state index is 0.506. The van der Waals surface area contributed by atoms with Gasteiger partial charge in [0, 0.05) is 5.92 Å². The Kier molecular flexibility index (Phi) is 2.42. The molecule has 0 saturated heterocycles. The molecule has 104 valence electrons. The van der Waals surface area contributed by atoms with E-state index in [1.165, 1.54) is 37.9 Å². The lowest BCUT2D eigenvalue weighted by Crippen LogP contribution is -1.97. The second-order valence-corrected chi connectivity index (χ2v) is 6.21. The summed E-state index contributed by atoms with van der Waals surface area (Å²) in [5.74, 6) is 0.506. The molecule has 0 fully saturated rings. The minimum absolute atomic E-state index is 0.506. The summed E-state index contributed by atoms with van der Waals surface area (Å²) in [5, 5.41) is 8.21. The van der Waals surface area contributed by atoms with Crippen LogP contribution < -0.4 is 0 Å². The molecule has 0 heterocycles. The van der Waals surface area contributed by atoms with Gasteiger partial charge in [0.2, 0.25) is 0 Å². The lowest BCUT2D eigenvalue weighted by Gasteiger charge is -2.17. The van der Waals surface area contributed by atoms with Crippen LogP contribution in [0.1, 0.15) is 17.9 Å². The Bertz CT molecular complexity index is 986. The first-order valence-corrected chi connectivity index (χ1v) is 7.91. The van der Waals surface area contributed by atoms with Gasteiger partial charge in [-0.25, -0.2) is 0 Å². The number of allylic oxidation sites excluding steroid dienone is 4. The van der Waals surface area contributed by atoms with Crippen LogP contribution in [0.3, 0.4) is 0 Å². The van der Waals surface area contributed by atoms with Crippen molar-refractivity contribution in [3.63, 3.8) is 0 Å². The van der Waals surface area contributed by atoms with Gasteiger partial charge in [-0.2, -0.15) is 0 Å². The van der Waals surface area contributed by atoms with Gasteiger partial charge < -0.3 is 0 Å². The third-order valence-electron chi connectivity index (χ3n) is 4.89. The summed E-state index contributed by atoms with van der Waals surface area (Å²) in [6.07, 6.45) is 9.98. The summed E-state index contributed by atoms with van der Waals surface area (Å²) in [5.41, 5.74) is 1.42. The molecule has 1 atom stereocenters. The quantitative estimate of drug-likeness (QED) is 0.365.